The Morgan fingerprint density at radius 1 is 0.839 bits per heavy atom. The minimum Gasteiger partial charge on any atom is -0.236 e. The van der Waals surface area contributed by atoms with E-state index in [4.69, 9.17) is 0 Å². The second kappa shape index (κ2) is 8.85. The Labute approximate surface area is 178 Å². The lowest BCUT2D eigenvalue weighted by molar-refractivity contribution is 0.453. The average molecular weight is 414 g/mol. The predicted octanol–water partition coefficient (Wildman–Crippen LogP) is 6.23. The number of rotatable bonds is 4. The Kier molecular flexibility index (Phi) is 5.81. The van der Waals surface area contributed by atoms with Crippen LogP contribution in [0.2, 0.25) is 0 Å². The maximum Gasteiger partial charge on any atom is 0.195 e. The van der Waals surface area contributed by atoms with Gasteiger partial charge in [-0.3, -0.25) is 0 Å². The van der Waals surface area contributed by atoms with E-state index < -0.39 is 17.5 Å². The van der Waals surface area contributed by atoms with Crippen molar-refractivity contribution in [3.8, 4) is 23.2 Å². The third-order valence-electron chi connectivity index (χ3n) is 4.81. The highest BCUT2D eigenvalue weighted by molar-refractivity contribution is 5.84. The molecule has 4 rings (SSSR count). The highest BCUT2D eigenvalue weighted by Crippen LogP contribution is 2.24. The Morgan fingerprint density at radius 2 is 1.52 bits per heavy atom. The average Bonchev–Trinajstić information content (AvgIpc) is 2.80. The van der Waals surface area contributed by atoms with E-state index in [9.17, 15) is 13.2 Å². The molecule has 0 spiro atoms. The van der Waals surface area contributed by atoms with E-state index in [1.807, 2.05) is 42.7 Å². The summed E-state index contributed by atoms with van der Waals surface area (Å²) in [4.78, 5) is 8.81. The maximum atomic E-state index is 13.8. The molecule has 0 fully saturated rings. The van der Waals surface area contributed by atoms with Gasteiger partial charge in [0.2, 0.25) is 0 Å². The number of nitrogens with zero attached hydrogens (tertiary/aromatic N) is 2. The van der Waals surface area contributed by atoms with Gasteiger partial charge >= 0.3 is 0 Å². The van der Waals surface area contributed by atoms with Crippen LogP contribution in [0.4, 0.5) is 13.2 Å². The van der Waals surface area contributed by atoms with Crippen LogP contribution in [0.1, 0.15) is 23.1 Å². The fourth-order valence-electron chi connectivity index (χ4n) is 3.13. The Hall–Kier alpha value is -3.91. The van der Waals surface area contributed by atoms with E-state index in [0.29, 0.717) is 11.4 Å². The minimum absolute atomic E-state index is 0.0179. The molecule has 0 amide bonds. The van der Waals surface area contributed by atoms with Crippen LogP contribution in [-0.2, 0) is 6.42 Å². The van der Waals surface area contributed by atoms with Crippen molar-refractivity contribution in [2.24, 2.45) is 0 Å². The number of benzene rings is 3. The summed E-state index contributed by atoms with van der Waals surface area (Å²) in [7, 11) is 0. The minimum atomic E-state index is -1.47. The second-order valence-electron chi connectivity index (χ2n) is 6.99. The number of hydrogen-bond donors (Lipinski definition) is 0. The first-order valence-electron chi connectivity index (χ1n) is 9.66. The highest BCUT2D eigenvalue weighted by atomic mass is 19.2. The number of halogens is 3. The topological polar surface area (TPSA) is 25.8 Å². The van der Waals surface area contributed by atoms with E-state index in [-0.39, 0.29) is 10.8 Å². The third kappa shape index (κ3) is 4.49. The fourth-order valence-corrected chi connectivity index (χ4v) is 3.13. The summed E-state index contributed by atoms with van der Waals surface area (Å²) < 4.78 is 40.7. The van der Waals surface area contributed by atoms with Gasteiger partial charge in [0.05, 0.1) is 0 Å². The number of hydrogen-bond acceptors (Lipinski definition) is 2. The molecule has 0 aliphatic carbocycles. The molecule has 1 heterocycles. The van der Waals surface area contributed by atoms with E-state index in [1.165, 1.54) is 12.1 Å². The molecule has 31 heavy (non-hydrogen) atoms. The Balaban J connectivity index is 1.53. The molecule has 0 aliphatic heterocycles. The normalized spacial score (nSPS) is 10.5. The summed E-state index contributed by atoms with van der Waals surface area (Å²) in [6.07, 6.45) is 7.24. The second-order valence-corrected chi connectivity index (χ2v) is 6.99. The molecule has 0 aliphatic rings. The molecule has 4 aromatic rings. The summed E-state index contributed by atoms with van der Waals surface area (Å²) in [6, 6.07) is 13.0. The third-order valence-corrected chi connectivity index (χ3v) is 4.81. The van der Waals surface area contributed by atoms with Crippen LogP contribution in [0.3, 0.4) is 0 Å². The first kappa shape index (κ1) is 20.4. The summed E-state index contributed by atoms with van der Waals surface area (Å²) >= 11 is 0. The number of allylic oxidation sites excluding steroid dienone is 1. The van der Waals surface area contributed by atoms with E-state index >= 15 is 0 Å². The number of aryl methyl sites for hydroxylation is 1. The molecule has 0 saturated heterocycles. The van der Waals surface area contributed by atoms with Crippen molar-refractivity contribution in [2.45, 2.75) is 12.8 Å². The lowest BCUT2D eigenvalue weighted by atomic mass is 10.1. The van der Waals surface area contributed by atoms with Gasteiger partial charge in [-0.15, -0.1) is 6.58 Å². The molecule has 152 valence electrons. The molecule has 0 atom stereocenters. The maximum absolute atomic E-state index is 13.8. The van der Waals surface area contributed by atoms with Crippen molar-refractivity contribution in [3.63, 3.8) is 0 Å². The monoisotopic (exact) mass is 414 g/mol. The van der Waals surface area contributed by atoms with Crippen molar-refractivity contribution in [2.75, 3.05) is 0 Å². The fraction of sp³-hybridized carbons (Fsp3) is 0.0769. The largest absolute Gasteiger partial charge is 0.236 e. The zero-order chi connectivity index (χ0) is 21.8. The molecule has 3 aromatic carbocycles. The van der Waals surface area contributed by atoms with Crippen LogP contribution >= 0.6 is 0 Å². The standard InChI is InChI=1S/C26H17F3N2/c1-2-3-4-19-15-30-26(31-16-19)20-10-7-17(8-11-20)5-6-18-9-12-22-21(13-18)14-23(27)25(29)24(22)28/h2,7-16H,1,3-4H2. The summed E-state index contributed by atoms with van der Waals surface area (Å²) in [5.74, 6) is 2.73. The van der Waals surface area contributed by atoms with Crippen LogP contribution < -0.4 is 0 Å². The Morgan fingerprint density at radius 3 is 2.23 bits per heavy atom. The summed E-state index contributed by atoms with van der Waals surface area (Å²) in [6.45, 7) is 3.71. The van der Waals surface area contributed by atoms with Crippen LogP contribution in [0.15, 0.2) is 73.6 Å². The Bertz CT molecular complexity index is 1320. The smallest absolute Gasteiger partial charge is 0.195 e. The lowest BCUT2D eigenvalue weighted by Crippen LogP contribution is -1.92. The lowest BCUT2D eigenvalue weighted by Gasteiger charge is -2.03. The first-order chi connectivity index (χ1) is 15.0. The van der Waals surface area contributed by atoms with Crippen LogP contribution in [0.5, 0.6) is 0 Å². The molecule has 0 saturated carbocycles. The van der Waals surface area contributed by atoms with Gasteiger partial charge in [-0.2, -0.15) is 0 Å². The van der Waals surface area contributed by atoms with Gasteiger partial charge in [-0.1, -0.05) is 24.0 Å². The highest BCUT2D eigenvalue weighted by Gasteiger charge is 2.13. The van der Waals surface area contributed by atoms with E-state index in [1.54, 1.807) is 6.07 Å². The first-order valence-corrected chi connectivity index (χ1v) is 9.66. The van der Waals surface area contributed by atoms with Crippen molar-refractivity contribution < 1.29 is 13.2 Å². The van der Waals surface area contributed by atoms with Crippen molar-refractivity contribution in [1.29, 1.82) is 0 Å². The van der Waals surface area contributed by atoms with E-state index in [0.717, 1.165) is 35.6 Å². The molecule has 1 aromatic heterocycles. The molecule has 0 radical (unpaired) electrons. The molecule has 0 unspecified atom stereocenters. The quantitative estimate of drug-likeness (QED) is 0.225. The SMILES string of the molecule is C=CCCc1cnc(-c2ccc(C#Cc3ccc4c(F)c(F)c(F)cc4c3)cc2)nc1. The van der Waals surface area contributed by atoms with Crippen LogP contribution in [0.25, 0.3) is 22.2 Å². The zero-order valence-corrected chi connectivity index (χ0v) is 16.5. The van der Waals surface area contributed by atoms with Gasteiger partial charge in [-0.25, -0.2) is 23.1 Å². The molecule has 2 nitrogen and oxygen atoms in total. The van der Waals surface area contributed by atoms with Gasteiger partial charge in [-0.05, 0) is 66.3 Å². The van der Waals surface area contributed by atoms with Crippen molar-refractivity contribution in [3.05, 3.63) is 108 Å². The summed E-state index contributed by atoms with van der Waals surface area (Å²) in [5.41, 5.74) is 3.27. The molecule has 5 heteroatoms. The molecular formula is C26H17F3N2. The van der Waals surface area contributed by atoms with Gasteiger partial charge in [0.15, 0.2) is 23.3 Å². The molecular weight excluding hydrogens is 397 g/mol. The van der Waals surface area contributed by atoms with Crippen LogP contribution in [-0.4, -0.2) is 9.97 Å². The van der Waals surface area contributed by atoms with Gasteiger partial charge in [0.1, 0.15) is 0 Å². The molecule has 0 bridgehead atoms. The van der Waals surface area contributed by atoms with Gasteiger partial charge < -0.3 is 0 Å². The van der Waals surface area contributed by atoms with Crippen LogP contribution in [0, 0.1) is 29.3 Å². The van der Waals surface area contributed by atoms with Crippen molar-refractivity contribution >= 4 is 10.8 Å². The predicted molar refractivity (Wildman–Crippen MR) is 116 cm³/mol. The zero-order valence-electron chi connectivity index (χ0n) is 16.5. The van der Waals surface area contributed by atoms with Crippen molar-refractivity contribution in [1.82, 2.24) is 9.97 Å². The number of aromatic nitrogens is 2. The molecule has 0 N–H and O–H groups in total. The number of fused-ring (bicyclic) bond motifs is 1. The van der Waals surface area contributed by atoms with Gasteiger partial charge in [0.25, 0.3) is 0 Å². The van der Waals surface area contributed by atoms with Gasteiger partial charge in [0, 0.05) is 34.5 Å². The van der Waals surface area contributed by atoms with E-state index in [2.05, 4.69) is 28.4 Å². The summed E-state index contributed by atoms with van der Waals surface area (Å²) in [5, 5.41) is 0.275.